The molecule has 0 aliphatic heterocycles. The lowest BCUT2D eigenvalue weighted by molar-refractivity contribution is 0.514. The zero-order chi connectivity index (χ0) is 13.4. The zero-order valence-corrected chi connectivity index (χ0v) is 12.1. The van der Waals surface area contributed by atoms with E-state index in [1.165, 1.54) is 17.7 Å². The Kier molecular flexibility index (Phi) is 7.36. The van der Waals surface area contributed by atoms with Crippen LogP contribution in [0.15, 0.2) is 48.4 Å². The van der Waals surface area contributed by atoms with Crippen LogP contribution in [0, 0.1) is 5.92 Å². The molecule has 1 unspecified atom stereocenters. The summed E-state index contributed by atoms with van der Waals surface area (Å²) in [5, 5.41) is 0. The van der Waals surface area contributed by atoms with E-state index in [1.807, 2.05) is 13.1 Å². The summed E-state index contributed by atoms with van der Waals surface area (Å²) in [6.45, 7) is 19.4. The summed E-state index contributed by atoms with van der Waals surface area (Å²) in [4.78, 5) is 2.15. The van der Waals surface area contributed by atoms with Crippen LogP contribution in [0.4, 0.5) is 0 Å². The Bertz CT molecular complexity index is 316. The van der Waals surface area contributed by atoms with E-state index in [2.05, 4.69) is 57.9 Å². The zero-order valence-electron chi connectivity index (χ0n) is 12.1. The molecule has 0 aromatic rings. The smallest absolute Gasteiger partial charge is 0.0429 e. The van der Waals surface area contributed by atoms with Gasteiger partial charge in [0.25, 0.3) is 0 Å². The van der Waals surface area contributed by atoms with Crippen LogP contribution in [0.2, 0.25) is 0 Å². The highest BCUT2D eigenvalue weighted by atomic mass is 15.1. The monoisotopic (exact) mass is 233 g/mol. The SMILES string of the molecule is C=CN(CC(=C)C)C(/C=C\C(C)CC)=C(C)C. The summed E-state index contributed by atoms with van der Waals surface area (Å²) in [6, 6.07) is 0. The third kappa shape index (κ3) is 6.15. The Balaban J connectivity index is 4.97. The Labute approximate surface area is 107 Å². The van der Waals surface area contributed by atoms with Crippen LogP contribution in [0.3, 0.4) is 0 Å². The highest BCUT2D eigenvalue weighted by Crippen LogP contribution is 2.16. The van der Waals surface area contributed by atoms with Crippen LogP contribution < -0.4 is 0 Å². The van der Waals surface area contributed by atoms with Crippen LogP contribution in [0.25, 0.3) is 0 Å². The minimum absolute atomic E-state index is 0.612. The lowest BCUT2D eigenvalue weighted by Gasteiger charge is -2.23. The van der Waals surface area contributed by atoms with Crippen LogP contribution >= 0.6 is 0 Å². The van der Waals surface area contributed by atoms with Gasteiger partial charge in [-0.1, -0.05) is 50.6 Å². The fourth-order valence-corrected chi connectivity index (χ4v) is 1.48. The molecule has 0 fully saturated rings. The lowest BCUT2D eigenvalue weighted by Crippen LogP contribution is -2.18. The van der Waals surface area contributed by atoms with Gasteiger partial charge in [0, 0.05) is 12.2 Å². The van der Waals surface area contributed by atoms with Gasteiger partial charge in [-0.25, -0.2) is 0 Å². The molecular weight excluding hydrogens is 206 g/mol. The van der Waals surface area contributed by atoms with Gasteiger partial charge in [0.05, 0.1) is 0 Å². The molecule has 0 rings (SSSR count). The van der Waals surface area contributed by atoms with Gasteiger partial charge in [0.1, 0.15) is 0 Å². The van der Waals surface area contributed by atoms with Gasteiger partial charge in [-0.2, -0.15) is 0 Å². The van der Waals surface area contributed by atoms with Crippen LogP contribution in [0.1, 0.15) is 41.0 Å². The Morgan fingerprint density at radius 3 is 2.24 bits per heavy atom. The largest absolute Gasteiger partial charge is 0.345 e. The molecule has 17 heavy (non-hydrogen) atoms. The molecule has 0 radical (unpaired) electrons. The molecule has 0 aromatic heterocycles. The predicted molar refractivity (Wildman–Crippen MR) is 78.7 cm³/mol. The Morgan fingerprint density at radius 2 is 1.88 bits per heavy atom. The quantitative estimate of drug-likeness (QED) is 0.446. The third-order valence-corrected chi connectivity index (χ3v) is 2.71. The van der Waals surface area contributed by atoms with E-state index in [4.69, 9.17) is 0 Å². The molecule has 0 spiro atoms. The molecule has 1 heteroatoms. The highest BCUT2D eigenvalue weighted by molar-refractivity contribution is 5.25. The van der Waals surface area contributed by atoms with E-state index >= 15 is 0 Å². The standard InChI is InChI=1S/C16H27N/c1-8-15(7)10-11-16(14(5)6)17(9-2)12-13(3)4/h9-11,15H,2-3,8,12H2,1,4-7H3/b11-10-. The molecule has 0 bridgehead atoms. The van der Waals surface area contributed by atoms with Crippen molar-refractivity contribution in [3.63, 3.8) is 0 Å². The van der Waals surface area contributed by atoms with E-state index < -0.39 is 0 Å². The first-order valence-electron chi connectivity index (χ1n) is 6.31. The average Bonchev–Trinajstić information content (AvgIpc) is 2.26. The van der Waals surface area contributed by atoms with Crippen LogP contribution in [-0.2, 0) is 0 Å². The van der Waals surface area contributed by atoms with Gasteiger partial charge in [0.15, 0.2) is 0 Å². The molecule has 0 N–H and O–H groups in total. The number of rotatable bonds is 7. The molecule has 0 saturated heterocycles. The molecule has 1 atom stereocenters. The number of hydrogen-bond acceptors (Lipinski definition) is 1. The molecule has 0 aliphatic carbocycles. The Morgan fingerprint density at radius 1 is 1.29 bits per heavy atom. The van der Waals surface area contributed by atoms with E-state index in [0.29, 0.717) is 5.92 Å². The van der Waals surface area contributed by atoms with E-state index in [9.17, 15) is 0 Å². The van der Waals surface area contributed by atoms with Crippen LogP contribution in [-0.4, -0.2) is 11.4 Å². The summed E-state index contributed by atoms with van der Waals surface area (Å²) in [5.74, 6) is 0.612. The number of allylic oxidation sites excluding steroid dienone is 3. The maximum absolute atomic E-state index is 3.96. The van der Waals surface area contributed by atoms with Crippen molar-refractivity contribution >= 4 is 0 Å². The first-order chi connectivity index (χ1) is 7.92. The normalized spacial score (nSPS) is 12.3. The predicted octanol–water partition coefficient (Wildman–Crippen LogP) is 4.90. The highest BCUT2D eigenvalue weighted by Gasteiger charge is 2.05. The van der Waals surface area contributed by atoms with Gasteiger partial charge in [0.2, 0.25) is 0 Å². The topological polar surface area (TPSA) is 3.24 Å². The number of nitrogens with zero attached hydrogens (tertiary/aromatic N) is 1. The van der Waals surface area contributed by atoms with Gasteiger partial charge < -0.3 is 4.90 Å². The van der Waals surface area contributed by atoms with Gasteiger partial charge in [-0.3, -0.25) is 0 Å². The van der Waals surface area contributed by atoms with Crippen molar-refractivity contribution in [3.05, 3.63) is 48.4 Å². The fourth-order valence-electron chi connectivity index (χ4n) is 1.48. The first kappa shape index (κ1) is 15.8. The van der Waals surface area contributed by atoms with Crippen molar-refractivity contribution in [2.75, 3.05) is 6.54 Å². The summed E-state index contributed by atoms with van der Waals surface area (Å²) in [6.07, 6.45) is 7.50. The molecule has 0 heterocycles. The van der Waals surface area contributed by atoms with E-state index in [-0.39, 0.29) is 0 Å². The van der Waals surface area contributed by atoms with Gasteiger partial charge in [-0.15, -0.1) is 0 Å². The fraction of sp³-hybridized carbons (Fsp3) is 0.500. The average molecular weight is 233 g/mol. The second-order valence-corrected chi connectivity index (χ2v) is 4.90. The Hall–Kier alpha value is -1.24. The summed E-state index contributed by atoms with van der Waals surface area (Å²) >= 11 is 0. The minimum Gasteiger partial charge on any atom is -0.345 e. The maximum atomic E-state index is 3.96. The second-order valence-electron chi connectivity index (χ2n) is 4.90. The van der Waals surface area contributed by atoms with E-state index in [1.54, 1.807) is 0 Å². The lowest BCUT2D eigenvalue weighted by atomic mass is 10.1. The van der Waals surface area contributed by atoms with Crippen molar-refractivity contribution in [2.45, 2.75) is 41.0 Å². The number of hydrogen-bond donors (Lipinski definition) is 0. The summed E-state index contributed by atoms with van der Waals surface area (Å²) < 4.78 is 0. The van der Waals surface area contributed by atoms with Crippen molar-refractivity contribution < 1.29 is 0 Å². The van der Waals surface area contributed by atoms with Crippen molar-refractivity contribution in [1.29, 1.82) is 0 Å². The second kappa shape index (κ2) is 7.94. The maximum Gasteiger partial charge on any atom is 0.0429 e. The molecule has 96 valence electrons. The van der Waals surface area contributed by atoms with E-state index in [0.717, 1.165) is 12.1 Å². The third-order valence-electron chi connectivity index (χ3n) is 2.71. The van der Waals surface area contributed by atoms with Gasteiger partial charge >= 0.3 is 0 Å². The molecule has 0 saturated carbocycles. The van der Waals surface area contributed by atoms with Crippen molar-refractivity contribution in [3.8, 4) is 0 Å². The molecule has 0 amide bonds. The molecule has 0 aromatic carbocycles. The summed E-state index contributed by atoms with van der Waals surface area (Å²) in [7, 11) is 0. The van der Waals surface area contributed by atoms with Crippen molar-refractivity contribution in [1.82, 2.24) is 4.90 Å². The molecule has 0 aliphatic rings. The van der Waals surface area contributed by atoms with Crippen LogP contribution in [0.5, 0.6) is 0 Å². The molecular formula is C16H27N. The van der Waals surface area contributed by atoms with Crippen molar-refractivity contribution in [2.24, 2.45) is 5.92 Å². The first-order valence-corrected chi connectivity index (χ1v) is 6.31. The minimum atomic E-state index is 0.612. The molecule has 1 nitrogen and oxygen atoms in total. The summed E-state index contributed by atoms with van der Waals surface area (Å²) in [5.41, 5.74) is 3.66. The van der Waals surface area contributed by atoms with Gasteiger partial charge in [-0.05, 0) is 39.0 Å².